The van der Waals surface area contributed by atoms with Gasteiger partial charge in [-0.2, -0.15) is 0 Å². The van der Waals surface area contributed by atoms with E-state index in [1.807, 2.05) is 30.3 Å². The zero-order valence-corrected chi connectivity index (χ0v) is 8.73. The zero-order chi connectivity index (χ0) is 9.90. The molecule has 1 nitrogen and oxygen atoms in total. The monoisotopic (exact) mass is 195 g/mol. The molecule has 0 aliphatic heterocycles. The van der Waals surface area contributed by atoms with Crippen molar-refractivity contribution in [3.8, 4) is 0 Å². The van der Waals surface area contributed by atoms with Crippen molar-refractivity contribution in [2.75, 3.05) is 5.32 Å². The molecule has 1 aromatic rings. The number of halogens is 1. The normalized spacial score (nSPS) is 11.0. The lowest BCUT2D eigenvalue weighted by molar-refractivity contribution is 0.715. The molecule has 0 amide bonds. The molecule has 0 aliphatic carbocycles. The van der Waals surface area contributed by atoms with Crippen molar-refractivity contribution in [3.63, 3.8) is 0 Å². The molecule has 70 valence electrons. The predicted octanol–water partition coefficient (Wildman–Crippen LogP) is 3.72. The predicted molar refractivity (Wildman–Crippen MR) is 59.4 cm³/mol. The lowest BCUT2D eigenvalue weighted by atomic mass is 10.1. The second-order valence-electron chi connectivity index (χ2n) is 3.56. The van der Waals surface area contributed by atoms with Gasteiger partial charge in [-0.05, 0) is 38.1 Å². The smallest absolute Gasteiger partial charge is 0.0497 e. The molecule has 0 saturated carbocycles. The van der Waals surface area contributed by atoms with Gasteiger partial charge in [0.15, 0.2) is 0 Å². The average molecular weight is 196 g/mol. The van der Waals surface area contributed by atoms with Gasteiger partial charge in [0, 0.05) is 16.2 Å². The van der Waals surface area contributed by atoms with Gasteiger partial charge < -0.3 is 5.32 Å². The molecule has 1 N–H and O–H groups in total. The fourth-order valence-electron chi connectivity index (χ4n) is 0.956. The summed E-state index contributed by atoms with van der Waals surface area (Å²) in [6.07, 6.45) is 1.88. The topological polar surface area (TPSA) is 12.0 Å². The van der Waals surface area contributed by atoms with E-state index >= 15 is 0 Å². The summed E-state index contributed by atoms with van der Waals surface area (Å²) in [4.78, 5) is 0. The molecule has 0 saturated heterocycles. The minimum atomic E-state index is -0.0895. The fourth-order valence-corrected chi connectivity index (χ4v) is 1.08. The minimum absolute atomic E-state index is 0.0895. The summed E-state index contributed by atoms with van der Waals surface area (Å²) >= 11 is 5.77. The molecule has 1 aromatic carbocycles. The number of rotatable bonds is 3. The number of hydrogen-bond acceptors (Lipinski definition) is 1. The number of benzene rings is 1. The Labute approximate surface area is 84.4 Å². The first-order valence-electron chi connectivity index (χ1n) is 4.21. The molecule has 0 atom stereocenters. The third-order valence-corrected chi connectivity index (χ3v) is 2.07. The maximum Gasteiger partial charge on any atom is 0.0497 e. The Kier molecular flexibility index (Phi) is 2.99. The summed E-state index contributed by atoms with van der Waals surface area (Å²) in [6.45, 7) is 7.89. The van der Waals surface area contributed by atoms with Gasteiger partial charge in [-0.3, -0.25) is 0 Å². The quantitative estimate of drug-likeness (QED) is 0.725. The van der Waals surface area contributed by atoms with Crippen LogP contribution in [0.25, 0.3) is 0 Å². The molecule has 1 rings (SSSR count). The first-order valence-corrected chi connectivity index (χ1v) is 4.59. The number of hydrogen-bond donors (Lipinski definition) is 1. The van der Waals surface area contributed by atoms with Crippen molar-refractivity contribution in [1.82, 2.24) is 0 Å². The maximum atomic E-state index is 5.77. The van der Waals surface area contributed by atoms with E-state index in [2.05, 4.69) is 25.7 Å². The molecule has 0 bridgehead atoms. The Morgan fingerprint density at radius 2 is 1.85 bits per heavy atom. The van der Waals surface area contributed by atoms with Crippen molar-refractivity contribution in [1.29, 1.82) is 0 Å². The van der Waals surface area contributed by atoms with Crippen molar-refractivity contribution < 1.29 is 0 Å². The van der Waals surface area contributed by atoms with E-state index in [4.69, 9.17) is 11.6 Å². The van der Waals surface area contributed by atoms with Gasteiger partial charge in [0.25, 0.3) is 0 Å². The molecular weight excluding hydrogens is 182 g/mol. The van der Waals surface area contributed by atoms with E-state index in [-0.39, 0.29) is 5.54 Å². The summed E-state index contributed by atoms with van der Waals surface area (Å²) in [7, 11) is 0. The van der Waals surface area contributed by atoms with Gasteiger partial charge >= 0.3 is 0 Å². The van der Waals surface area contributed by atoms with E-state index in [1.165, 1.54) is 0 Å². The van der Waals surface area contributed by atoms with Crippen molar-refractivity contribution in [3.05, 3.63) is 41.9 Å². The van der Waals surface area contributed by atoms with Gasteiger partial charge in [0.1, 0.15) is 0 Å². The Balaban J connectivity index is 2.75. The second-order valence-corrected chi connectivity index (χ2v) is 3.99. The summed E-state index contributed by atoms with van der Waals surface area (Å²) < 4.78 is 0. The van der Waals surface area contributed by atoms with Gasteiger partial charge in [-0.25, -0.2) is 0 Å². The Hall–Kier alpha value is -0.950. The zero-order valence-electron chi connectivity index (χ0n) is 7.97. The third kappa shape index (κ3) is 3.11. The van der Waals surface area contributed by atoms with Crippen LogP contribution in [0.15, 0.2) is 36.9 Å². The molecule has 13 heavy (non-hydrogen) atoms. The largest absolute Gasteiger partial charge is 0.377 e. The molecule has 0 fully saturated rings. The van der Waals surface area contributed by atoms with Gasteiger partial charge in [0.05, 0.1) is 0 Å². The summed E-state index contributed by atoms with van der Waals surface area (Å²) in [6, 6.07) is 7.63. The number of anilines is 1. The fraction of sp³-hybridized carbons (Fsp3) is 0.273. The first kappa shape index (κ1) is 10.1. The molecule has 0 spiro atoms. The summed E-state index contributed by atoms with van der Waals surface area (Å²) in [5, 5.41) is 4.07. The summed E-state index contributed by atoms with van der Waals surface area (Å²) in [5.74, 6) is 0. The third-order valence-electron chi connectivity index (χ3n) is 1.82. The van der Waals surface area contributed by atoms with Gasteiger partial charge in [0.2, 0.25) is 0 Å². The first-order chi connectivity index (χ1) is 6.03. The second kappa shape index (κ2) is 3.84. The van der Waals surface area contributed by atoms with Crippen LogP contribution < -0.4 is 5.32 Å². The van der Waals surface area contributed by atoms with Crippen LogP contribution in [0.1, 0.15) is 13.8 Å². The maximum absolute atomic E-state index is 5.77. The Morgan fingerprint density at radius 3 is 2.31 bits per heavy atom. The van der Waals surface area contributed by atoms with Crippen LogP contribution in [0.2, 0.25) is 5.02 Å². The molecule has 0 aliphatic rings. The van der Waals surface area contributed by atoms with E-state index in [0.717, 1.165) is 10.7 Å². The van der Waals surface area contributed by atoms with Crippen molar-refractivity contribution in [2.24, 2.45) is 0 Å². The van der Waals surface area contributed by atoms with Crippen LogP contribution in [0.5, 0.6) is 0 Å². The van der Waals surface area contributed by atoms with Crippen LogP contribution in [-0.2, 0) is 0 Å². The highest BCUT2D eigenvalue weighted by atomic mass is 35.5. The Bertz CT molecular complexity index is 287. The Morgan fingerprint density at radius 1 is 1.31 bits per heavy atom. The lowest BCUT2D eigenvalue weighted by Crippen LogP contribution is -2.27. The summed E-state index contributed by atoms with van der Waals surface area (Å²) in [5.41, 5.74) is 0.961. The minimum Gasteiger partial charge on any atom is -0.377 e. The van der Waals surface area contributed by atoms with E-state index < -0.39 is 0 Å². The van der Waals surface area contributed by atoms with Gasteiger partial charge in [-0.1, -0.05) is 17.7 Å². The SMILES string of the molecule is C=CC(C)(C)Nc1ccc(Cl)cc1. The van der Waals surface area contributed by atoms with Crippen LogP contribution in [0, 0.1) is 0 Å². The molecule has 0 radical (unpaired) electrons. The van der Waals surface area contributed by atoms with Crippen molar-refractivity contribution >= 4 is 17.3 Å². The molecule has 0 aromatic heterocycles. The highest BCUT2D eigenvalue weighted by molar-refractivity contribution is 6.30. The van der Waals surface area contributed by atoms with Crippen LogP contribution in [0.3, 0.4) is 0 Å². The average Bonchev–Trinajstić information content (AvgIpc) is 2.09. The van der Waals surface area contributed by atoms with E-state index in [1.54, 1.807) is 0 Å². The molecular formula is C11H14ClN. The number of nitrogens with one attached hydrogen (secondary N) is 1. The highest BCUT2D eigenvalue weighted by Crippen LogP contribution is 2.18. The molecule has 0 unspecified atom stereocenters. The van der Waals surface area contributed by atoms with Crippen molar-refractivity contribution in [2.45, 2.75) is 19.4 Å². The van der Waals surface area contributed by atoms with Crippen LogP contribution >= 0.6 is 11.6 Å². The molecule has 0 heterocycles. The van der Waals surface area contributed by atoms with Gasteiger partial charge in [-0.15, -0.1) is 6.58 Å². The van der Waals surface area contributed by atoms with E-state index in [9.17, 15) is 0 Å². The van der Waals surface area contributed by atoms with Crippen LogP contribution in [0.4, 0.5) is 5.69 Å². The highest BCUT2D eigenvalue weighted by Gasteiger charge is 2.10. The van der Waals surface area contributed by atoms with Crippen LogP contribution in [-0.4, -0.2) is 5.54 Å². The molecule has 2 heteroatoms. The van der Waals surface area contributed by atoms with E-state index in [0.29, 0.717) is 0 Å². The standard InChI is InChI=1S/C11H14ClN/c1-4-11(2,3)13-10-7-5-9(12)6-8-10/h4-8,13H,1H2,2-3H3. The lowest BCUT2D eigenvalue weighted by Gasteiger charge is -2.23.